The van der Waals surface area contributed by atoms with Crippen LogP contribution >= 0.6 is 11.3 Å². The van der Waals surface area contributed by atoms with Gasteiger partial charge in [0.1, 0.15) is 4.88 Å². The van der Waals surface area contributed by atoms with Crippen LogP contribution in [0.2, 0.25) is 0 Å². The highest BCUT2D eigenvalue weighted by Crippen LogP contribution is 2.37. The zero-order chi connectivity index (χ0) is 27.3. The minimum absolute atomic E-state index is 0.0167. The van der Waals surface area contributed by atoms with Crippen LogP contribution in [0.1, 0.15) is 94.1 Å². The van der Waals surface area contributed by atoms with Crippen LogP contribution in [-0.4, -0.2) is 60.1 Å². The topological polar surface area (TPSA) is 87.2 Å². The first-order chi connectivity index (χ1) is 17.4. The molecule has 2 aliphatic rings. The molecule has 2 heterocycles. The number of carboxylic acid groups (broad SMARTS) is 1. The first-order valence-corrected chi connectivity index (χ1v) is 14.2. The number of aromatic carboxylic acids is 1. The van der Waals surface area contributed by atoms with Crippen molar-refractivity contribution in [3.05, 3.63) is 15.8 Å². The lowest BCUT2D eigenvalue weighted by molar-refractivity contribution is -0.134. The van der Waals surface area contributed by atoms with Gasteiger partial charge in [-0.3, -0.25) is 9.59 Å². The van der Waals surface area contributed by atoms with Crippen molar-refractivity contribution >= 4 is 34.8 Å². The Balaban J connectivity index is 1.92. The van der Waals surface area contributed by atoms with Crippen molar-refractivity contribution in [2.45, 2.75) is 91.7 Å². The normalized spacial score (nSPS) is 21.6. The second-order valence-electron chi connectivity index (χ2n) is 11.7. The molecule has 1 saturated heterocycles. The minimum Gasteiger partial charge on any atom is -0.477 e. The molecule has 1 N–H and O–H groups in total. The number of thiophene rings is 1. The highest BCUT2D eigenvalue weighted by atomic mass is 32.1. The first kappa shape index (κ1) is 29.2. The van der Waals surface area contributed by atoms with Gasteiger partial charge in [-0.15, -0.1) is 11.3 Å². The van der Waals surface area contributed by atoms with Gasteiger partial charge in [0.05, 0.1) is 16.7 Å². The average molecular weight is 531 g/mol. The fourth-order valence-corrected chi connectivity index (χ4v) is 5.96. The Morgan fingerprint density at radius 2 is 1.78 bits per heavy atom. The van der Waals surface area contributed by atoms with Gasteiger partial charge in [0.15, 0.2) is 0 Å². The van der Waals surface area contributed by atoms with Crippen molar-refractivity contribution in [1.29, 1.82) is 0 Å². The molecule has 0 radical (unpaired) electrons. The van der Waals surface area contributed by atoms with Crippen LogP contribution in [0, 0.1) is 29.1 Å². The van der Waals surface area contributed by atoms with E-state index in [-0.39, 0.29) is 40.5 Å². The number of piperidine rings is 1. The molecule has 3 rings (SSSR count). The Labute approximate surface area is 225 Å². The molecule has 7 nitrogen and oxygen atoms in total. The minimum atomic E-state index is -1.08. The standard InChI is InChI=1S/C29H42N2O5S/c1-19-7-9-21(10-8-19)27(33)31(20(2)17-25(32)30-15-12-22(36-6)13-16-30)24-18-23(11-14-29(3,4)5)37-26(24)28(34)35/h18-22H,7-10,12-13,15-17H2,1-6H3,(H,34,35)/t19-,20-,21-/m0/s1. The number of likely N-dealkylation sites (tertiary alicyclic amines) is 1. The monoisotopic (exact) mass is 530 g/mol. The quantitative estimate of drug-likeness (QED) is 0.476. The Morgan fingerprint density at radius 1 is 1.16 bits per heavy atom. The van der Waals surface area contributed by atoms with Gasteiger partial charge < -0.3 is 19.6 Å². The molecule has 0 aromatic carbocycles. The number of carboxylic acids is 1. The molecule has 2 fully saturated rings. The lowest BCUT2D eigenvalue weighted by Crippen LogP contribution is -2.47. The highest BCUT2D eigenvalue weighted by Gasteiger charge is 2.36. The molecule has 204 valence electrons. The molecule has 8 heteroatoms. The fraction of sp³-hybridized carbons (Fsp3) is 0.690. The van der Waals surface area contributed by atoms with Gasteiger partial charge in [-0.1, -0.05) is 18.8 Å². The van der Waals surface area contributed by atoms with Crippen molar-refractivity contribution in [3.63, 3.8) is 0 Å². The van der Waals surface area contributed by atoms with Crippen LogP contribution in [-0.2, 0) is 14.3 Å². The van der Waals surface area contributed by atoms with Crippen LogP contribution in [0.4, 0.5) is 5.69 Å². The fourth-order valence-electron chi connectivity index (χ4n) is 5.12. The third-order valence-electron chi connectivity index (χ3n) is 7.37. The number of hydrogen-bond acceptors (Lipinski definition) is 5. The van der Waals surface area contributed by atoms with Crippen LogP contribution in [0.25, 0.3) is 0 Å². The summed E-state index contributed by atoms with van der Waals surface area (Å²) in [7, 11) is 1.70. The summed E-state index contributed by atoms with van der Waals surface area (Å²) in [6.45, 7) is 11.3. The second-order valence-corrected chi connectivity index (χ2v) is 12.7. The Morgan fingerprint density at radius 3 is 2.32 bits per heavy atom. The van der Waals surface area contributed by atoms with Gasteiger partial charge in [-0.05, 0) is 78.2 Å². The number of carbonyl (C=O) groups is 3. The van der Waals surface area contributed by atoms with Crippen LogP contribution < -0.4 is 4.90 Å². The second kappa shape index (κ2) is 12.4. The Kier molecular flexibility index (Phi) is 9.82. The first-order valence-electron chi connectivity index (χ1n) is 13.4. The summed E-state index contributed by atoms with van der Waals surface area (Å²) in [6.07, 6.45) is 5.42. The van der Waals surface area contributed by atoms with Crippen molar-refractivity contribution < 1.29 is 24.2 Å². The van der Waals surface area contributed by atoms with Gasteiger partial charge in [0, 0.05) is 44.0 Å². The van der Waals surface area contributed by atoms with Crippen LogP contribution in [0.15, 0.2) is 6.07 Å². The summed E-state index contributed by atoms with van der Waals surface area (Å²) in [5.74, 6) is 5.49. The number of methoxy groups -OCH3 is 1. The molecule has 1 aliphatic heterocycles. The van der Waals surface area contributed by atoms with E-state index in [1.807, 2.05) is 32.6 Å². The smallest absolute Gasteiger partial charge is 0.348 e. The maximum absolute atomic E-state index is 13.9. The third-order valence-corrected chi connectivity index (χ3v) is 8.40. The molecule has 1 aromatic heterocycles. The van der Waals surface area contributed by atoms with E-state index in [1.54, 1.807) is 18.1 Å². The van der Waals surface area contributed by atoms with Gasteiger partial charge in [0.25, 0.3) is 0 Å². The zero-order valence-electron chi connectivity index (χ0n) is 23.1. The number of anilines is 1. The van der Waals surface area contributed by atoms with E-state index in [0.29, 0.717) is 29.6 Å². The van der Waals surface area contributed by atoms with Gasteiger partial charge in [-0.2, -0.15) is 0 Å². The number of carbonyl (C=O) groups excluding carboxylic acids is 2. The van der Waals surface area contributed by atoms with E-state index in [2.05, 4.69) is 18.8 Å². The summed E-state index contributed by atoms with van der Waals surface area (Å²) in [5.41, 5.74) is 0.121. The number of nitrogens with zero attached hydrogens (tertiary/aromatic N) is 2. The highest BCUT2D eigenvalue weighted by molar-refractivity contribution is 7.15. The maximum Gasteiger partial charge on any atom is 0.348 e. The van der Waals surface area contributed by atoms with Crippen LogP contribution in [0.5, 0.6) is 0 Å². The summed E-state index contributed by atoms with van der Waals surface area (Å²) in [5, 5.41) is 10.0. The number of ether oxygens (including phenoxy) is 1. The molecule has 1 aliphatic carbocycles. The van der Waals surface area contributed by atoms with Crippen LogP contribution in [0.3, 0.4) is 0 Å². The molecule has 1 aromatic rings. The molecule has 0 spiro atoms. The van der Waals surface area contributed by atoms with E-state index in [9.17, 15) is 19.5 Å². The van der Waals surface area contributed by atoms with E-state index in [4.69, 9.17) is 4.74 Å². The van der Waals surface area contributed by atoms with Crippen molar-refractivity contribution in [2.24, 2.45) is 17.3 Å². The predicted molar refractivity (Wildman–Crippen MR) is 147 cm³/mol. The zero-order valence-corrected chi connectivity index (χ0v) is 24.0. The van der Waals surface area contributed by atoms with Crippen molar-refractivity contribution in [3.8, 4) is 11.8 Å². The number of hydrogen-bond donors (Lipinski definition) is 1. The Bertz CT molecular complexity index is 1030. The summed E-state index contributed by atoms with van der Waals surface area (Å²) >= 11 is 1.09. The molecule has 1 saturated carbocycles. The molecule has 2 amide bonds. The van der Waals surface area contributed by atoms with E-state index < -0.39 is 12.0 Å². The van der Waals surface area contributed by atoms with Gasteiger partial charge >= 0.3 is 5.97 Å². The number of amides is 2. The largest absolute Gasteiger partial charge is 0.477 e. The number of rotatable bonds is 7. The third kappa shape index (κ3) is 7.81. The van der Waals surface area contributed by atoms with Gasteiger partial charge in [-0.25, -0.2) is 4.79 Å². The Hall–Kier alpha value is -2.37. The lowest BCUT2D eigenvalue weighted by Gasteiger charge is -2.36. The molecular weight excluding hydrogens is 488 g/mol. The molecule has 0 bridgehead atoms. The average Bonchev–Trinajstić information content (AvgIpc) is 3.27. The van der Waals surface area contributed by atoms with Crippen molar-refractivity contribution in [1.82, 2.24) is 4.90 Å². The van der Waals surface area contributed by atoms with E-state index in [1.165, 1.54) is 0 Å². The molecule has 37 heavy (non-hydrogen) atoms. The molecular formula is C29H42N2O5S. The van der Waals surface area contributed by atoms with Gasteiger partial charge in [0.2, 0.25) is 11.8 Å². The SMILES string of the molecule is COC1CCN(C(=O)C[C@H](C)N(c2cc(C#CC(C)(C)C)sc2C(=O)O)C(=O)[C@H]2CC[C@H](C)CC2)CC1. The lowest BCUT2D eigenvalue weighted by atomic mass is 9.82. The van der Waals surface area contributed by atoms with E-state index in [0.717, 1.165) is 49.9 Å². The molecule has 0 unspecified atom stereocenters. The summed E-state index contributed by atoms with van der Waals surface area (Å²) in [6, 6.07) is 1.25. The van der Waals surface area contributed by atoms with Crippen molar-refractivity contribution in [2.75, 3.05) is 25.1 Å². The predicted octanol–water partition coefficient (Wildman–Crippen LogP) is 5.42. The summed E-state index contributed by atoms with van der Waals surface area (Å²) in [4.78, 5) is 43.6. The summed E-state index contributed by atoms with van der Waals surface area (Å²) < 4.78 is 5.42. The maximum atomic E-state index is 13.9. The van der Waals surface area contributed by atoms with E-state index >= 15 is 0 Å². The molecule has 1 atom stereocenters.